The van der Waals surface area contributed by atoms with E-state index in [2.05, 4.69) is 79.8 Å². The van der Waals surface area contributed by atoms with Gasteiger partial charge in [-0.15, -0.1) is 0 Å². The Hall–Kier alpha value is -1.14. The van der Waals surface area contributed by atoms with Crippen LogP contribution in [0.3, 0.4) is 0 Å². The van der Waals surface area contributed by atoms with Gasteiger partial charge in [0.25, 0.3) is 0 Å². The van der Waals surface area contributed by atoms with Crippen molar-refractivity contribution in [2.24, 2.45) is 5.92 Å². The summed E-state index contributed by atoms with van der Waals surface area (Å²) >= 11 is 0. The minimum atomic E-state index is 0. The molecule has 1 unspecified atom stereocenters. The van der Waals surface area contributed by atoms with Gasteiger partial charge in [0, 0.05) is 5.92 Å². The zero-order valence-corrected chi connectivity index (χ0v) is 19.1. The van der Waals surface area contributed by atoms with Crippen molar-refractivity contribution in [3.05, 3.63) is 101 Å². The molecular weight excluding hydrogens is 450 g/mol. The first-order chi connectivity index (χ1) is 11.9. The van der Waals surface area contributed by atoms with Crippen molar-refractivity contribution in [1.29, 1.82) is 0 Å². The molecule has 0 nitrogen and oxygen atoms in total. The van der Waals surface area contributed by atoms with Gasteiger partial charge in [-0.3, -0.25) is 0 Å². The van der Waals surface area contributed by atoms with E-state index in [-0.39, 0.29) is 51.0 Å². The van der Waals surface area contributed by atoms with Crippen molar-refractivity contribution < 1.29 is 51.0 Å². The van der Waals surface area contributed by atoms with Crippen LogP contribution < -0.4 is 24.8 Å². The van der Waals surface area contributed by atoms with Crippen LogP contribution in [-0.2, 0) is 32.6 Å². The summed E-state index contributed by atoms with van der Waals surface area (Å²) in [7, 11) is 0. The molecule has 0 heterocycles. The SMILES string of the molecule is CCC1=C(c2cccc3c2Cc2ccccc2-3)C2C=CC=CC2=C1.[Cl-].[Cl-].[Zr+2]. The zero-order valence-electron chi connectivity index (χ0n) is 15.2. The molecule has 0 saturated carbocycles. The standard InChI is InChI=1S/C24H20.2ClH.Zr/c1-2-16-14-17-8-4-6-11-20(17)24(16)22-13-7-12-21-19-10-5-3-9-18(19)15-23(21)22;;;/h3-14,20H,2,15H2,1H3;2*1H;/q;;;+2/p-2. The van der Waals surface area contributed by atoms with Crippen molar-refractivity contribution >= 4 is 5.57 Å². The second-order valence-electron chi connectivity index (χ2n) is 6.82. The monoisotopic (exact) mass is 468 g/mol. The molecule has 0 aromatic heterocycles. The molecule has 0 N–H and O–H groups in total. The van der Waals surface area contributed by atoms with E-state index < -0.39 is 0 Å². The largest absolute Gasteiger partial charge is 2.00 e. The summed E-state index contributed by atoms with van der Waals surface area (Å²) in [5, 5.41) is 0. The van der Waals surface area contributed by atoms with E-state index in [0.717, 1.165) is 12.8 Å². The van der Waals surface area contributed by atoms with Gasteiger partial charge >= 0.3 is 26.2 Å². The van der Waals surface area contributed by atoms with Gasteiger partial charge in [-0.05, 0) is 57.4 Å². The van der Waals surface area contributed by atoms with Gasteiger partial charge in [-0.1, -0.05) is 79.8 Å². The molecule has 2 aromatic rings. The minimum Gasteiger partial charge on any atom is -1.00 e. The first-order valence-electron chi connectivity index (χ1n) is 8.87. The third-order valence-corrected chi connectivity index (χ3v) is 5.58. The van der Waals surface area contributed by atoms with Gasteiger partial charge in [0.05, 0.1) is 0 Å². The van der Waals surface area contributed by atoms with Crippen LogP contribution in [0.15, 0.2) is 84.0 Å². The van der Waals surface area contributed by atoms with Gasteiger partial charge in [0.2, 0.25) is 0 Å². The van der Waals surface area contributed by atoms with Crippen LogP contribution in [0.5, 0.6) is 0 Å². The summed E-state index contributed by atoms with van der Waals surface area (Å²) in [6.07, 6.45) is 13.5. The fourth-order valence-electron chi connectivity index (χ4n) is 4.48. The van der Waals surface area contributed by atoms with Crippen LogP contribution >= 0.6 is 0 Å². The molecule has 2 aromatic carbocycles. The number of halogens is 2. The second kappa shape index (κ2) is 8.91. The number of allylic oxidation sites excluding steroid dienone is 8. The molecule has 27 heavy (non-hydrogen) atoms. The Bertz CT molecular complexity index is 980. The average molecular weight is 471 g/mol. The Morgan fingerprint density at radius 3 is 2.44 bits per heavy atom. The molecule has 0 aliphatic heterocycles. The fourth-order valence-corrected chi connectivity index (χ4v) is 4.48. The Labute approximate surface area is 193 Å². The predicted molar refractivity (Wildman–Crippen MR) is 102 cm³/mol. The van der Waals surface area contributed by atoms with Crippen LogP contribution in [0.25, 0.3) is 16.7 Å². The van der Waals surface area contributed by atoms with Gasteiger partial charge in [-0.2, -0.15) is 0 Å². The van der Waals surface area contributed by atoms with Crippen LogP contribution in [0.2, 0.25) is 0 Å². The molecule has 3 heteroatoms. The quantitative estimate of drug-likeness (QED) is 0.499. The van der Waals surface area contributed by atoms with E-state index in [1.807, 2.05) is 0 Å². The van der Waals surface area contributed by atoms with Crippen LogP contribution in [-0.4, -0.2) is 0 Å². The maximum Gasteiger partial charge on any atom is 2.00 e. The van der Waals surface area contributed by atoms with Crippen molar-refractivity contribution in [2.45, 2.75) is 19.8 Å². The first-order valence-corrected chi connectivity index (χ1v) is 8.87. The topological polar surface area (TPSA) is 0 Å². The molecule has 0 saturated heterocycles. The van der Waals surface area contributed by atoms with E-state index >= 15 is 0 Å². The molecule has 5 rings (SSSR count). The minimum absolute atomic E-state index is 0. The van der Waals surface area contributed by atoms with Gasteiger partial charge in [0.15, 0.2) is 0 Å². The summed E-state index contributed by atoms with van der Waals surface area (Å²) in [6.45, 7) is 2.27. The number of hydrogen-bond donors (Lipinski definition) is 0. The Kier molecular flexibility index (Phi) is 7.31. The molecular formula is C24H20Cl2Zr. The molecule has 3 aliphatic rings. The summed E-state index contributed by atoms with van der Waals surface area (Å²) in [4.78, 5) is 0. The summed E-state index contributed by atoms with van der Waals surface area (Å²) in [6, 6.07) is 15.7. The fraction of sp³-hybridized carbons (Fsp3) is 0.167. The third kappa shape index (κ3) is 3.51. The van der Waals surface area contributed by atoms with Crippen LogP contribution in [0.4, 0.5) is 0 Å². The number of fused-ring (bicyclic) bond motifs is 4. The smallest absolute Gasteiger partial charge is 1.00 e. The summed E-state index contributed by atoms with van der Waals surface area (Å²) < 4.78 is 0. The summed E-state index contributed by atoms with van der Waals surface area (Å²) in [5.74, 6) is 0.431. The van der Waals surface area contributed by atoms with E-state index in [0.29, 0.717) is 5.92 Å². The molecule has 0 bridgehead atoms. The first kappa shape index (κ1) is 22.2. The predicted octanol–water partition coefficient (Wildman–Crippen LogP) is 0.109. The van der Waals surface area contributed by atoms with E-state index in [4.69, 9.17) is 0 Å². The third-order valence-electron chi connectivity index (χ3n) is 5.58. The average Bonchev–Trinajstić information content (AvgIpc) is 3.19. The maximum absolute atomic E-state index is 2.40. The molecule has 0 spiro atoms. The van der Waals surface area contributed by atoms with Gasteiger partial charge < -0.3 is 24.8 Å². The van der Waals surface area contributed by atoms with E-state index in [9.17, 15) is 0 Å². The zero-order chi connectivity index (χ0) is 16.1. The number of hydrogen-bond acceptors (Lipinski definition) is 0. The second-order valence-corrected chi connectivity index (χ2v) is 6.82. The van der Waals surface area contributed by atoms with Crippen LogP contribution in [0.1, 0.15) is 30.0 Å². The van der Waals surface area contributed by atoms with Crippen molar-refractivity contribution in [3.8, 4) is 11.1 Å². The molecule has 3 aliphatic carbocycles. The summed E-state index contributed by atoms with van der Waals surface area (Å²) in [5.41, 5.74) is 11.7. The van der Waals surface area contributed by atoms with Crippen molar-refractivity contribution in [1.82, 2.24) is 0 Å². The van der Waals surface area contributed by atoms with Crippen molar-refractivity contribution in [2.75, 3.05) is 0 Å². The van der Waals surface area contributed by atoms with Gasteiger partial charge in [-0.25, -0.2) is 0 Å². The molecule has 0 radical (unpaired) electrons. The van der Waals surface area contributed by atoms with Crippen molar-refractivity contribution in [3.63, 3.8) is 0 Å². The Balaban J connectivity index is 0.000000871. The maximum atomic E-state index is 2.40. The normalized spacial score (nSPS) is 17.8. The number of benzene rings is 2. The van der Waals surface area contributed by atoms with Crippen LogP contribution in [0, 0.1) is 5.92 Å². The number of rotatable bonds is 2. The molecule has 1 atom stereocenters. The molecule has 0 amide bonds. The molecule has 0 fully saturated rings. The Morgan fingerprint density at radius 1 is 0.889 bits per heavy atom. The van der Waals surface area contributed by atoms with E-state index in [1.165, 1.54) is 44.5 Å². The molecule has 134 valence electrons. The van der Waals surface area contributed by atoms with E-state index in [1.54, 1.807) is 0 Å². The Morgan fingerprint density at radius 2 is 1.63 bits per heavy atom. The van der Waals surface area contributed by atoms with Gasteiger partial charge in [0.1, 0.15) is 0 Å².